The molecule has 0 radical (unpaired) electrons. The summed E-state index contributed by atoms with van der Waals surface area (Å²) in [5.41, 5.74) is 3.70. The minimum absolute atomic E-state index is 0.0202. The van der Waals surface area contributed by atoms with Crippen LogP contribution in [-0.4, -0.2) is 19.0 Å². The van der Waals surface area contributed by atoms with Gasteiger partial charge in [-0.2, -0.15) is 5.26 Å². The number of hydrogen-bond acceptors (Lipinski definition) is 4. The van der Waals surface area contributed by atoms with Gasteiger partial charge in [-0.25, -0.2) is 4.39 Å². The first-order chi connectivity index (χ1) is 15.9. The molecule has 1 aromatic heterocycles. The van der Waals surface area contributed by atoms with E-state index in [-0.39, 0.29) is 17.8 Å². The number of nitriles is 1. The van der Waals surface area contributed by atoms with E-state index in [1.54, 1.807) is 23.5 Å². The Bertz CT molecular complexity index is 1170. The van der Waals surface area contributed by atoms with Gasteiger partial charge in [0.25, 0.3) is 0 Å². The highest BCUT2D eigenvalue weighted by molar-refractivity contribution is 7.10. The molecule has 0 saturated heterocycles. The first-order valence-electron chi connectivity index (χ1n) is 10.7. The number of nitrogens with one attached hydrogen (secondary N) is 1. The number of thiophene rings is 1. The summed E-state index contributed by atoms with van der Waals surface area (Å²) in [4.78, 5) is 3.11. The summed E-state index contributed by atoms with van der Waals surface area (Å²) in [6, 6.07) is 18.4. The fraction of sp³-hybridized carbons (Fsp3) is 0.179. The standard InChI is InChI=1S/C28H28FN3S/c1-5-23(10-6-8-21-12-14-26(29)15-13-21)28(31-20(2)32(3)4)27-17-25(19-33-27)24-11-7-9-22(16-24)18-30/h5-9,11-17,19,23,28,31H,1-2,10H2,3-4H3/b8-6+. The highest BCUT2D eigenvalue weighted by Crippen LogP contribution is 2.35. The van der Waals surface area contributed by atoms with Gasteiger partial charge >= 0.3 is 0 Å². The second-order valence-corrected chi connectivity index (χ2v) is 8.93. The number of benzene rings is 2. The molecule has 1 N–H and O–H groups in total. The number of nitrogens with zero attached hydrogens (tertiary/aromatic N) is 2. The molecule has 0 amide bonds. The smallest absolute Gasteiger partial charge is 0.123 e. The summed E-state index contributed by atoms with van der Waals surface area (Å²) in [6.45, 7) is 8.24. The van der Waals surface area contributed by atoms with Crippen LogP contribution in [0.5, 0.6) is 0 Å². The van der Waals surface area contributed by atoms with Crippen LogP contribution in [0.25, 0.3) is 17.2 Å². The summed E-state index contributed by atoms with van der Waals surface area (Å²) in [5.74, 6) is 0.683. The Hall–Kier alpha value is -3.62. The van der Waals surface area contributed by atoms with Gasteiger partial charge in [0, 0.05) is 24.9 Å². The van der Waals surface area contributed by atoms with E-state index in [0.29, 0.717) is 5.56 Å². The Morgan fingerprint density at radius 1 is 1.18 bits per heavy atom. The molecule has 0 bridgehead atoms. The van der Waals surface area contributed by atoms with Gasteiger partial charge < -0.3 is 10.2 Å². The van der Waals surface area contributed by atoms with Crippen molar-refractivity contribution in [2.45, 2.75) is 12.5 Å². The molecule has 168 valence electrons. The summed E-state index contributed by atoms with van der Waals surface area (Å²) in [6.07, 6.45) is 6.82. The van der Waals surface area contributed by atoms with Crippen LogP contribution < -0.4 is 5.32 Å². The van der Waals surface area contributed by atoms with Gasteiger partial charge in [0.15, 0.2) is 0 Å². The Kier molecular flexibility index (Phi) is 8.23. The van der Waals surface area contributed by atoms with Gasteiger partial charge in [0.2, 0.25) is 0 Å². The summed E-state index contributed by atoms with van der Waals surface area (Å²) in [5, 5.41) is 14.9. The third-order valence-electron chi connectivity index (χ3n) is 5.43. The zero-order valence-corrected chi connectivity index (χ0v) is 19.8. The molecule has 3 rings (SSSR count). The van der Waals surface area contributed by atoms with Crippen molar-refractivity contribution in [1.82, 2.24) is 10.2 Å². The van der Waals surface area contributed by atoms with Gasteiger partial charge in [-0.15, -0.1) is 17.9 Å². The first kappa shape index (κ1) is 24.0. The second kappa shape index (κ2) is 11.3. The topological polar surface area (TPSA) is 39.1 Å². The van der Waals surface area contributed by atoms with Crippen LogP contribution in [0.2, 0.25) is 0 Å². The molecule has 33 heavy (non-hydrogen) atoms. The van der Waals surface area contributed by atoms with Crippen LogP contribution in [0.4, 0.5) is 4.39 Å². The van der Waals surface area contributed by atoms with Crippen molar-refractivity contribution in [1.29, 1.82) is 5.26 Å². The average molecular weight is 458 g/mol. The lowest BCUT2D eigenvalue weighted by Crippen LogP contribution is -2.31. The minimum atomic E-state index is -0.239. The molecule has 5 heteroatoms. The molecular formula is C28H28FN3S. The molecule has 3 aromatic rings. The van der Waals surface area contributed by atoms with Gasteiger partial charge in [0.05, 0.1) is 23.5 Å². The van der Waals surface area contributed by atoms with E-state index in [0.717, 1.165) is 33.8 Å². The van der Waals surface area contributed by atoms with E-state index < -0.39 is 0 Å². The molecule has 2 unspecified atom stereocenters. The number of halogens is 1. The van der Waals surface area contributed by atoms with Crippen LogP contribution >= 0.6 is 11.3 Å². The van der Waals surface area contributed by atoms with Gasteiger partial charge in [0.1, 0.15) is 5.82 Å². The third kappa shape index (κ3) is 6.44. The quantitative estimate of drug-likeness (QED) is 0.333. The van der Waals surface area contributed by atoms with Crippen molar-refractivity contribution in [3.05, 3.63) is 113 Å². The van der Waals surface area contributed by atoms with Crippen molar-refractivity contribution < 1.29 is 4.39 Å². The van der Waals surface area contributed by atoms with Crippen molar-refractivity contribution >= 4 is 17.4 Å². The Labute approximate surface area is 199 Å². The van der Waals surface area contributed by atoms with Crippen LogP contribution in [0.3, 0.4) is 0 Å². The number of hydrogen-bond donors (Lipinski definition) is 1. The number of rotatable bonds is 10. The van der Waals surface area contributed by atoms with Crippen LogP contribution in [0, 0.1) is 23.1 Å². The first-order valence-corrected chi connectivity index (χ1v) is 11.6. The van der Waals surface area contributed by atoms with Crippen LogP contribution in [0.15, 0.2) is 91.1 Å². The minimum Gasteiger partial charge on any atom is -0.365 e. The lowest BCUT2D eigenvalue weighted by molar-refractivity contribution is 0.386. The number of allylic oxidation sites excluding steroid dienone is 1. The summed E-state index contributed by atoms with van der Waals surface area (Å²) >= 11 is 1.68. The van der Waals surface area contributed by atoms with Gasteiger partial charge in [-0.3, -0.25) is 0 Å². The molecule has 0 saturated carbocycles. The van der Waals surface area contributed by atoms with Crippen LogP contribution in [-0.2, 0) is 0 Å². The predicted octanol–water partition coefficient (Wildman–Crippen LogP) is 7.00. The van der Waals surface area contributed by atoms with E-state index >= 15 is 0 Å². The van der Waals surface area contributed by atoms with E-state index in [1.165, 1.54) is 12.1 Å². The molecule has 1 heterocycles. The van der Waals surface area contributed by atoms with E-state index in [9.17, 15) is 9.65 Å². The highest BCUT2D eigenvalue weighted by atomic mass is 32.1. The molecule has 2 aromatic carbocycles. The fourth-order valence-corrected chi connectivity index (χ4v) is 4.48. The maximum absolute atomic E-state index is 13.2. The SMILES string of the molecule is C=CC(C/C=C/c1ccc(F)cc1)C(NC(=C)N(C)C)c1cc(-c2cccc(C#N)c2)cs1. The Morgan fingerprint density at radius 3 is 2.61 bits per heavy atom. The summed E-state index contributed by atoms with van der Waals surface area (Å²) in [7, 11) is 3.91. The molecule has 0 fully saturated rings. The summed E-state index contributed by atoms with van der Waals surface area (Å²) < 4.78 is 13.2. The normalized spacial score (nSPS) is 12.7. The van der Waals surface area contributed by atoms with Crippen molar-refractivity contribution in [2.24, 2.45) is 5.92 Å². The zero-order valence-electron chi connectivity index (χ0n) is 19.0. The Balaban J connectivity index is 1.86. The third-order valence-corrected chi connectivity index (χ3v) is 6.45. The predicted molar refractivity (Wildman–Crippen MR) is 137 cm³/mol. The van der Waals surface area contributed by atoms with Gasteiger partial charge in [-0.05, 0) is 58.8 Å². The average Bonchev–Trinajstić information content (AvgIpc) is 3.32. The molecule has 0 aliphatic rings. The van der Waals surface area contributed by atoms with E-state index in [1.807, 2.05) is 55.4 Å². The molecular weight excluding hydrogens is 429 g/mol. The monoisotopic (exact) mass is 457 g/mol. The lowest BCUT2D eigenvalue weighted by Gasteiger charge is -2.29. The Morgan fingerprint density at radius 2 is 1.94 bits per heavy atom. The maximum Gasteiger partial charge on any atom is 0.123 e. The fourth-order valence-electron chi connectivity index (χ4n) is 3.44. The molecule has 3 nitrogen and oxygen atoms in total. The van der Waals surface area contributed by atoms with Gasteiger partial charge in [-0.1, -0.05) is 49.1 Å². The largest absolute Gasteiger partial charge is 0.365 e. The molecule has 0 aliphatic heterocycles. The zero-order chi connectivity index (χ0) is 23.8. The maximum atomic E-state index is 13.2. The highest BCUT2D eigenvalue weighted by Gasteiger charge is 2.23. The van der Waals surface area contributed by atoms with E-state index in [4.69, 9.17) is 0 Å². The molecule has 0 aliphatic carbocycles. The molecule has 2 atom stereocenters. The van der Waals surface area contributed by atoms with E-state index in [2.05, 4.69) is 42.1 Å². The van der Waals surface area contributed by atoms with Crippen molar-refractivity contribution in [3.63, 3.8) is 0 Å². The van der Waals surface area contributed by atoms with Crippen LogP contribution in [0.1, 0.15) is 28.5 Å². The molecule has 0 spiro atoms. The second-order valence-electron chi connectivity index (χ2n) is 7.98. The van der Waals surface area contributed by atoms with Crippen molar-refractivity contribution in [2.75, 3.05) is 14.1 Å². The lowest BCUT2D eigenvalue weighted by atomic mass is 9.93. The van der Waals surface area contributed by atoms with Crippen molar-refractivity contribution in [3.8, 4) is 17.2 Å².